The summed E-state index contributed by atoms with van der Waals surface area (Å²) in [4.78, 5) is 14.1. The molecule has 0 saturated heterocycles. The van der Waals surface area contributed by atoms with Gasteiger partial charge in [-0.25, -0.2) is 17.9 Å². The number of hydrogen-bond donors (Lipinski definition) is 1. The molecule has 3 rings (SSSR count). The summed E-state index contributed by atoms with van der Waals surface area (Å²) in [6, 6.07) is 13.5. The van der Waals surface area contributed by atoms with Gasteiger partial charge in [0.25, 0.3) is 10.0 Å². The van der Waals surface area contributed by atoms with E-state index < -0.39 is 16.1 Å². The van der Waals surface area contributed by atoms with Gasteiger partial charge in [0.2, 0.25) is 0 Å². The lowest BCUT2D eigenvalue weighted by atomic mass is 10.0. The second-order valence-corrected chi connectivity index (χ2v) is 7.75. The molecule has 1 aliphatic rings. The van der Waals surface area contributed by atoms with E-state index in [4.69, 9.17) is 4.74 Å². The maximum absolute atomic E-state index is 12.5. The molecule has 0 saturated carbocycles. The first-order valence-corrected chi connectivity index (χ1v) is 10.1. The van der Waals surface area contributed by atoms with Crippen LogP contribution in [0.25, 0.3) is 0 Å². The van der Waals surface area contributed by atoms with Crippen molar-refractivity contribution in [2.45, 2.75) is 24.7 Å². The van der Waals surface area contributed by atoms with E-state index in [-0.39, 0.29) is 4.90 Å². The Kier molecular flexibility index (Phi) is 5.46. The molecule has 0 fully saturated rings. The molecular weight excluding hydrogens is 352 g/mol. The van der Waals surface area contributed by atoms with Crippen LogP contribution in [0.15, 0.2) is 53.4 Å². The second-order valence-electron chi connectivity index (χ2n) is 6.07. The topological polar surface area (TPSA) is 75.7 Å². The lowest BCUT2D eigenvalue weighted by molar-refractivity contribution is 0.206. The third-order valence-electron chi connectivity index (χ3n) is 4.37. The zero-order valence-electron chi connectivity index (χ0n) is 14.6. The summed E-state index contributed by atoms with van der Waals surface area (Å²) in [6.07, 6.45) is 1.43. The van der Waals surface area contributed by atoms with Gasteiger partial charge in [-0.05, 0) is 55.2 Å². The molecule has 2 aromatic rings. The molecule has 0 unspecified atom stereocenters. The number of rotatable bonds is 4. The SMILES string of the molecule is CCOc1ccc(S(=O)(=O)NC(=O)N2CCc3ccccc3CC2)cc1. The number of urea groups is 1. The molecular formula is C19H22N2O4S. The zero-order valence-corrected chi connectivity index (χ0v) is 15.5. The third kappa shape index (κ3) is 4.16. The highest BCUT2D eigenvalue weighted by molar-refractivity contribution is 7.90. The Bertz CT molecular complexity index is 852. The molecule has 6 nitrogen and oxygen atoms in total. The van der Waals surface area contributed by atoms with Gasteiger partial charge in [-0.3, -0.25) is 0 Å². The van der Waals surface area contributed by atoms with Crippen LogP contribution >= 0.6 is 0 Å². The van der Waals surface area contributed by atoms with Crippen LogP contribution in [0, 0.1) is 0 Å². The van der Waals surface area contributed by atoms with Crippen molar-refractivity contribution < 1.29 is 17.9 Å². The Morgan fingerprint density at radius 2 is 1.62 bits per heavy atom. The Hall–Kier alpha value is -2.54. The molecule has 0 spiro atoms. The monoisotopic (exact) mass is 374 g/mol. The third-order valence-corrected chi connectivity index (χ3v) is 5.71. The number of fused-ring (bicyclic) bond motifs is 1. The minimum atomic E-state index is -3.92. The average molecular weight is 374 g/mol. The summed E-state index contributed by atoms with van der Waals surface area (Å²) in [7, 11) is -3.92. The quantitative estimate of drug-likeness (QED) is 0.892. The van der Waals surface area contributed by atoms with Crippen LogP contribution in [0.1, 0.15) is 18.1 Å². The van der Waals surface area contributed by atoms with E-state index in [1.807, 2.05) is 31.2 Å². The number of carbonyl (C=O) groups excluding carboxylic acids is 1. The normalized spacial score (nSPS) is 14.3. The Morgan fingerprint density at radius 3 is 2.15 bits per heavy atom. The van der Waals surface area contributed by atoms with E-state index in [9.17, 15) is 13.2 Å². The van der Waals surface area contributed by atoms with Gasteiger partial charge < -0.3 is 9.64 Å². The smallest absolute Gasteiger partial charge is 0.331 e. The molecule has 0 radical (unpaired) electrons. The highest BCUT2D eigenvalue weighted by Crippen LogP contribution is 2.18. The Labute approximate surface area is 153 Å². The van der Waals surface area contributed by atoms with Gasteiger partial charge in [-0.2, -0.15) is 0 Å². The number of nitrogens with zero attached hydrogens (tertiary/aromatic N) is 1. The van der Waals surface area contributed by atoms with Crippen molar-refractivity contribution in [2.24, 2.45) is 0 Å². The van der Waals surface area contributed by atoms with E-state index in [2.05, 4.69) is 4.72 Å². The van der Waals surface area contributed by atoms with Gasteiger partial charge in [-0.1, -0.05) is 24.3 Å². The minimum absolute atomic E-state index is 0.0346. The molecule has 138 valence electrons. The van der Waals surface area contributed by atoms with Gasteiger partial charge in [0.15, 0.2) is 0 Å². The molecule has 0 bridgehead atoms. The van der Waals surface area contributed by atoms with E-state index in [0.29, 0.717) is 38.3 Å². The molecule has 26 heavy (non-hydrogen) atoms. The summed E-state index contributed by atoms with van der Waals surface area (Å²) in [6.45, 7) is 3.33. The maximum Gasteiger partial charge on any atom is 0.331 e. The Balaban J connectivity index is 1.67. The molecule has 1 aliphatic heterocycles. The second kappa shape index (κ2) is 7.78. The van der Waals surface area contributed by atoms with E-state index in [1.54, 1.807) is 17.0 Å². The fourth-order valence-electron chi connectivity index (χ4n) is 2.99. The van der Waals surface area contributed by atoms with Crippen molar-refractivity contribution in [3.63, 3.8) is 0 Å². The van der Waals surface area contributed by atoms with Crippen molar-refractivity contribution in [1.29, 1.82) is 0 Å². The molecule has 0 aliphatic carbocycles. The molecule has 1 heterocycles. The molecule has 0 atom stereocenters. The number of benzene rings is 2. The predicted octanol–water partition coefficient (Wildman–Crippen LogP) is 2.58. The van der Waals surface area contributed by atoms with Crippen molar-refractivity contribution in [3.8, 4) is 5.75 Å². The van der Waals surface area contributed by atoms with Gasteiger partial charge in [0.1, 0.15) is 5.75 Å². The molecule has 7 heteroatoms. The number of carbonyl (C=O) groups is 1. The van der Waals surface area contributed by atoms with Crippen molar-refractivity contribution >= 4 is 16.1 Å². The largest absolute Gasteiger partial charge is 0.494 e. The first-order chi connectivity index (χ1) is 12.5. The van der Waals surface area contributed by atoms with E-state index >= 15 is 0 Å². The number of nitrogens with one attached hydrogen (secondary N) is 1. The first kappa shape index (κ1) is 18.3. The average Bonchev–Trinajstić information content (AvgIpc) is 2.85. The van der Waals surface area contributed by atoms with Gasteiger partial charge >= 0.3 is 6.03 Å². The van der Waals surface area contributed by atoms with Crippen LogP contribution in [0.3, 0.4) is 0 Å². The van der Waals surface area contributed by atoms with Crippen LogP contribution < -0.4 is 9.46 Å². The van der Waals surface area contributed by atoms with Crippen LogP contribution in [0.5, 0.6) is 5.75 Å². The van der Waals surface area contributed by atoms with Crippen LogP contribution in [-0.2, 0) is 22.9 Å². The lowest BCUT2D eigenvalue weighted by Crippen LogP contribution is -2.43. The fourth-order valence-corrected chi connectivity index (χ4v) is 3.96. The van der Waals surface area contributed by atoms with Crippen molar-refractivity contribution in [2.75, 3.05) is 19.7 Å². The summed E-state index contributed by atoms with van der Waals surface area (Å²) in [5.74, 6) is 0.586. The van der Waals surface area contributed by atoms with Gasteiger partial charge in [0, 0.05) is 13.1 Å². The standard InChI is InChI=1S/C19H22N2O4S/c1-2-25-17-7-9-18(10-8-17)26(23,24)20-19(22)21-13-11-15-5-3-4-6-16(15)12-14-21/h3-10H,2,11-14H2,1H3,(H,20,22). The van der Waals surface area contributed by atoms with E-state index in [1.165, 1.54) is 23.3 Å². The summed E-state index contributed by atoms with van der Waals surface area (Å²) in [5.41, 5.74) is 2.41. The number of amides is 2. The number of ether oxygens (including phenoxy) is 1. The first-order valence-electron chi connectivity index (χ1n) is 8.61. The van der Waals surface area contributed by atoms with E-state index in [0.717, 1.165) is 0 Å². The van der Waals surface area contributed by atoms with Crippen molar-refractivity contribution in [3.05, 3.63) is 59.7 Å². The molecule has 2 aromatic carbocycles. The van der Waals surface area contributed by atoms with Crippen LogP contribution in [0.2, 0.25) is 0 Å². The number of hydrogen-bond acceptors (Lipinski definition) is 4. The summed E-state index contributed by atoms with van der Waals surface area (Å²) >= 11 is 0. The summed E-state index contributed by atoms with van der Waals surface area (Å²) in [5, 5.41) is 0. The fraction of sp³-hybridized carbons (Fsp3) is 0.316. The molecule has 1 N–H and O–H groups in total. The predicted molar refractivity (Wildman–Crippen MR) is 98.8 cm³/mol. The van der Waals surface area contributed by atoms with Crippen molar-refractivity contribution in [1.82, 2.24) is 9.62 Å². The highest BCUT2D eigenvalue weighted by atomic mass is 32.2. The lowest BCUT2D eigenvalue weighted by Gasteiger charge is -2.20. The highest BCUT2D eigenvalue weighted by Gasteiger charge is 2.23. The summed E-state index contributed by atoms with van der Waals surface area (Å²) < 4.78 is 32.4. The van der Waals surface area contributed by atoms with Crippen LogP contribution in [0.4, 0.5) is 4.79 Å². The molecule has 2 amide bonds. The Morgan fingerprint density at radius 1 is 1.04 bits per heavy atom. The van der Waals surface area contributed by atoms with Crippen LogP contribution in [-0.4, -0.2) is 39.0 Å². The van der Waals surface area contributed by atoms with Gasteiger partial charge in [-0.15, -0.1) is 0 Å². The van der Waals surface area contributed by atoms with Gasteiger partial charge in [0.05, 0.1) is 11.5 Å². The number of sulfonamides is 1. The maximum atomic E-state index is 12.5. The zero-order chi connectivity index (χ0) is 18.6. The molecule has 0 aromatic heterocycles. The minimum Gasteiger partial charge on any atom is -0.494 e.